The highest BCUT2D eigenvalue weighted by Crippen LogP contribution is 2.14. The molecule has 2 rings (SSSR count). The number of rotatable bonds is 6. The minimum Gasteiger partial charge on any atom is -0.497 e. The number of benzene rings is 2. The summed E-state index contributed by atoms with van der Waals surface area (Å²) in [6, 6.07) is 14.9. The zero-order valence-electron chi connectivity index (χ0n) is 14.0. The number of hydrogen-bond donors (Lipinski definition) is 2. The zero-order chi connectivity index (χ0) is 18.9. The highest BCUT2D eigenvalue weighted by Gasteiger charge is 2.10. The van der Waals surface area contributed by atoms with E-state index in [1.165, 1.54) is 24.3 Å². The van der Waals surface area contributed by atoms with Crippen molar-refractivity contribution in [2.45, 2.75) is 0 Å². The van der Waals surface area contributed by atoms with Gasteiger partial charge in [0.2, 0.25) is 0 Å². The van der Waals surface area contributed by atoms with Crippen LogP contribution < -0.4 is 10.1 Å². The Morgan fingerprint density at radius 2 is 1.92 bits per heavy atom. The fourth-order valence-corrected chi connectivity index (χ4v) is 2.06. The molecule has 0 unspecified atom stereocenters. The quantitative estimate of drug-likeness (QED) is 0.473. The van der Waals surface area contributed by atoms with E-state index >= 15 is 0 Å². The van der Waals surface area contributed by atoms with Crippen molar-refractivity contribution in [3.05, 3.63) is 77.4 Å². The molecule has 2 aromatic carbocycles. The lowest BCUT2D eigenvalue weighted by Crippen LogP contribution is -2.13. The Balaban J connectivity index is 2.08. The van der Waals surface area contributed by atoms with Crippen LogP contribution >= 0.6 is 0 Å². The first-order chi connectivity index (χ1) is 12.5. The van der Waals surface area contributed by atoms with E-state index in [0.717, 1.165) is 11.3 Å². The minimum atomic E-state index is -1.10. The molecule has 0 aliphatic rings. The number of hydrogen-bond acceptors (Lipinski definition) is 4. The van der Waals surface area contributed by atoms with E-state index in [0.29, 0.717) is 5.69 Å². The molecule has 0 heterocycles. The van der Waals surface area contributed by atoms with Crippen molar-refractivity contribution in [3.63, 3.8) is 0 Å². The van der Waals surface area contributed by atoms with E-state index in [4.69, 9.17) is 15.1 Å². The van der Waals surface area contributed by atoms with E-state index in [1.54, 1.807) is 37.5 Å². The average molecular weight is 348 g/mol. The minimum absolute atomic E-state index is 0.0460. The van der Waals surface area contributed by atoms with Gasteiger partial charge in [0, 0.05) is 5.69 Å². The molecule has 0 fully saturated rings. The summed E-state index contributed by atoms with van der Waals surface area (Å²) in [5.74, 6) is -0.979. The van der Waals surface area contributed by atoms with Crippen LogP contribution in [0.4, 0.5) is 5.69 Å². The van der Waals surface area contributed by atoms with Crippen LogP contribution in [0.2, 0.25) is 0 Å². The third kappa shape index (κ3) is 5.08. The maximum absolute atomic E-state index is 12.2. The Kier molecular flexibility index (Phi) is 6.29. The van der Waals surface area contributed by atoms with Crippen LogP contribution in [0.15, 0.2) is 66.3 Å². The van der Waals surface area contributed by atoms with Gasteiger partial charge in [0.05, 0.1) is 12.7 Å². The van der Waals surface area contributed by atoms with Gasteiger partial charge in [-0.2, -0.15) is 5.26 Å². The lowest BCUT2D eigenvalue weighted by molar-refractivity contribution is -0.112. The molecule has 2 N–H and O–H groups in total. The Morgan fingerprint density at radius 3 is 2.54 bits per heavy atom. The fraction of sp³-hybridized carbons (Fsp3) is 0.0500. The zero-order valence-corrected chi connectivity index (χ0v) is 14.0. The van der Waals surface area contributed by atoms with Crippen molar-refractivity contribution in [2.75, 3.05) is 12.4 Å². The summed E-state index contributed by atoms with van der Waals surface area (Å²) in [4.78, 5) is 23.1. The van der Waals surface area contributed by atoms with Gasteiger partial charge < -0.3 is 15.2 Å². The van der Waals surface area contributed by atoms with Crippen molar-refractivity contribution < 1.29 is 19.4 Å². The largest absolute Gasteiger partial charge is 0.497 e. The first-order valence-corrected chi connectivity index (χ1v) is 7.60. The molecule has 0 saturated carbocycles. The molecule has 0 aliphatic heterocycles. The Hall–Kier alpha value is -3.85. The third-order valence-corrected chi connectivity index (χ3v) is 3.40. The van der Waals surface area contributed by atoms with Gasteiger partial charge in [0.1, 0.15) is 17.4 Å². The smallest absolute Gasteiger partial charge is 0.335 e. The fourth-order valence-electron chi connectivity index (χ4n) is 2.06. The first kappa shape index (κ1) is 18.5. The highest BCUT2D eigenvalue weighted by atomic mass is 16.5. The number of nitriles is 1. The molecule has 0 bridgehead atoms. The number of methoxy groups -OCH3 is 1. The number of allylic oxidation sites excluding steroid dienone is 2. The maximum atomic E-state index is 12.2. The Bertz CT molecular complexity index is 906. The van der Waals surface area contributed by atoms with Crippen molar-refractivity contribution in [3.8, 4) is 11.8 Å². The number of amides is 1. The van der Waals surface area contributed by atoms with E-state index in [-0.39, 0.29) is 11.1 Å². The van der Waals surface area contributed by atoms with Crippen molar-refractivity contribution in [1.82, 2.24) is 0 Å². The normalized spacial score (nSPS) is 11.0. The number of anilines is 1. The molecule has 1 amide bonds. The van der Waals surface area contributed by atoms with Crippen LogP contribution in [0.5, 0.6) is 5.75 Å². The predicted molar refractivity (Wildman–Crippen MR) is 97.8 cm³/mol. The lowest BCUT2D eigenvalue weighted by atomic mass is 10.1. The summed E-state index contributed by atoms with van der Waals surface area (Å²) in [5.41, 5.74) is 1.13. The van der Waals surface area contributed by atoms with Gasteiger partial charge in [-0.05, 0) is 42.0 Å². The van der Waals surface area contributed by atoms with Gasteiger partial charge in [-0.15, -0.1) is 0 Å². The summed E-state index contributed by atoms with van der Waals surface area (Å²) >= 11 is 0. The van der Waals surface area contributed by atoms with E-state index < -0.39 is 11.9 Å². The summed E-state index contributed by atoms with van der Waals surface area (Å²) in [6.07, 6.45) is 4.73. The molecule has 0 radical (unpaired) electrons. The second kappa shape index (κ2) is 8.85. The number of aromatic carboxylic acids is 1. The summed E-state index contributed by atoms with van der Waals surface area (Å²) < 4.78 is 5.07. The molecule has 6 heteroatoms. The van der Waals surface area contributed by atoms with Crippen LogP contribution in [-0.2, 0) is 4.79 Å². The summed E-state index contributed by atoms with van der Waals surface area (Å²) in [7, 11) is 1.58. The maximum Gasteiger partial charge on any atom is 0.335 e. The second-order valence-corrected chi connectivity index (χ2v) is 5.16. The third-order valence-electron chi connectivity index (χ3n) is 3.40. The lowest BCUT2D eigenvalue weighted by Gasteiger charge is -2.04. The summed E-state index contributed by atoms with van der Waals surface area (Å²) in [5, 5.41) is 20.6. The van der Waals surface area contributed by atoms with Crippen molar-refractivity contribution >= 4 is 23.6 Å². The number of carboxylic acids is 1. The van der Waals surface area contributed by atoms with Gasteiger partial charge in [0.15, 0.2) is 0 Å². The SMILES string of the molecule is COc1ccc(/C=C/C=C(/C#N)C(=O)Nc2cccc(C(=O)O)c2)cc1. The van der Waals surface area contributed by atoms with Gasteiger partial charge in [-0.3, -0.25) is 4.79 Å². The van der Waals surface area contributed by atoms with Gasteiger partial charge in [-0.1, -0.05) is 30.4 Å². The molecule has 0 saturated heterocycles. The van der Waals surface area contributed by atoms with Gasteiger partial charge >= 0.3 is 5.97 Å². The molecule has 130 valence electrons. The average Bonchev–Trinajstić information content (AvgIpc) is 2.65. The number of carbonyl (C=O) groups excluding carboxylic acids is 1. The van der Waals surface area contributed by atoms with Gasteiger partial charge in [0.25, 0.3) is 5.91 Å². The number of ether oxygens (including phenoxy) is 1. The molecule has 2 aromatic rings. The monoisotopic (exact) mass is 348 g/mol. The standard InChI is InChI=1S/C20H16N2O4/c1-26-18-10-8-14(9-11-18)4-2-6-16(13-21)19(23)22-17-7-3-5-15(12-17)20(24)25/h2-12H,1H3,(H,22,23)(H,24,25)/b4-2+,16-6-. The van der Waals surface area contributed by atoms with Crippen LogP contribution in [0, 0.1) is 11.3 Å². The van der Waals surface area contributed by atoms with Crippen LogP contribution in [0.1, 0.15) is 15.9 Å². The van der Waals surface area contributed by atoms with Crippen LogP contribution in [0.3, 0.4) is 0 Å². The molecular weight excluding hydrogens is 332 g/mol. The number of nitrogens with zero attached hydrogens (tertiary/aromatic N) is 1. The van der Waals surface area contributed by atoms with Gasteiger partial charge in [-0.25, -0.2) is 4.79 Å². The number of carbonyl (C=O) groups is 2. The molecule has 0 aliphatic carbocycles. The molecule has 0 aromatic heterocycles. The van der Waals surface area contributed by atoms with Crippen LogP contribution in [-0.4, -0.2) is 24.1 Å². The topological polar surface area (TPSA) is 99.4 Å². The Morgan fingerprint density at radius 1 is 1.19 bits per heavy atom. The van der Waals surface area contributed by atoms with Crippen LogP contribution in [0.25, 0.3) is 6.08 Å². The van der Waals surface area contributed by atoms with E-state index in [2.05, 4.69) is 5.32 Å². The Labute approximate surface area is 150 Å². The molecule has 6 nitrogen and oxygen atoms in total. The highest BCUT2D eigenvalue weighted by molar-refractivity contribution is 6.07. The summed E-state index contributed by atoms with van der Waals surface area (Å²) in [6.45, 7) is 0. The molecular formula is C20H16N2O4. The predicted octanol–water partition coefficient (Wildman–Crippen LogP) is 3.50. The molecule has 0 spiro atoms. The number of carboxylic acid groups (broad SMARTS) is 1. The van der Waals surface area contributed by atoms with Crippen molar-refractivity contribution in [2.24, 2.45) is 0 Å². The van der Waals surface area contributed by atoms with Crippen molar-refractivity contribution in [1.29, 1.82) is 5.26 Å². The van der Waals surface area contributed by atoms with E-state index in [1.807, 2.05) is 18.2 Å². The van der Waals surface area contributed by atoms with E-state index in [9.17, 15) is 9.59 Å². The molecule has 0 atom stereocenters. The molecule has 26 heavy (non-hydrogen) atoms. The first-order valence-electron chi connectivity index (χ1n) is 7.60. The second-order valence-electron chi connectivity index (χ2n) is 5.16. The number of nitrogens with one attached hydrogen (secondary N) is 1.